The number of hydrogen-bond acceptors (Lipinski definition) is 4. The smallest absolute Gasteiger partial charge is 0.264 e. The van der Waals surface area contributed by atoms with Gasteiger partial charge in [-0.25, -0.2) is 8.42 Å². The Bertz CT molecular complexity index is 1750. The summed E-state index contributed by atoms with van der Waals surface area (Å²) >= 11 is 18.6. The molecule has 0 saturated heterocycles. The molecule has 4 aromatic rings. The number of amides is 2. The fourth-order valence-corrected chi connectivity index (χ4v) is 6.65. The van der Waals surface area contributed by atoms with E-state index in [-0.39, 0.29) is 29.7 Å². The van der Waals surface area contributed by atoms with E-state index < -0.39 is 28.5 Å². The average molecular weight is 701 g/mol. The van der Waals surface area contributed by atoms with Crippen LogP contribution >= 0.6 is 34.8 Å². The first-order chi connectivity index (χ1) is 21.8. The average Bonchev–Trinajstić information content (AvgIpc) is 3.03. The number of benzene rings is 4. The summed E-state index contributed by atoms with van der Waals surface area (Å²) in [6.07, 6.45) is 0.201. The van der Waals surface area contributed by atoms with Crippen LogP contribution in [0.25, 0.3) is 0 Å². The SMILES string of the molecule is Cc1ccc(N(CC(=O)N(Cc2ccc(Cl)c(Cl)c2)[C@@H](Cc2ccccc2)C(=O)NCC(C)C)S(=O)(=O)c2ccc(Cl)cc2)cc1. The Morgan fingerprint density at radius 2 is 1.46 bits per heavy atom. The molecule has 46 heavy (non-hydrogen) atoms. The zero-order chi connectivity index (χ0) is 33.4. The molecular formula is C35H36Cl3N3O4S. The van der Waals surface area contributed by atoms with E-state index >= 15 is 0 Å². The van der Waals surface area contributed by atoms with E-state index in [4.69, 9.17) is 34.8 Å². The van der Waals surface area contributed by atoms with E-state index in [2.05, 4.69) is 5.32 Å². The maximum absolute atomic E-state index is 14.5. The molecule has 1 atom stereocenters. The number of halogens is 3. The predicted octanol–water partition coefficient (Wildman–Crippen LogP) is 7.56. The molecule has 0 heterocycles. The molecule has 242 valence electrons. The van der Waals surface area contributed by atoms with Gasteiger partial charge in [-0.2, -0.15) is 0 Å². The third kappa shape index (κ3) is 9.26. The first-order valence-electron chi connectivity index (χ1n) is 14.7. The number of aryl methyl sites for hydroxylation is 1. The lowest BCUT2D eigenvalue weighted by Crippen LogP contribution is -2.53. The second-order valence-electron chi connectivity index (χ2n) is 11.4. The Balaban J connectivity index is 1.81. The third-order valence-electron chi connectivity index (χ3n) is 7.30. The van der Waals surface area contributed by atoms with E-state index in [1.807, 2.05) is 51.1 Å². The van der Waals surface area contributed by atoms with Gasteiger partial charge in [0.2, 0.25) is 11.8 Å². The Morgan fingerprint density at radius 1 is 0.804 bits per heavy atom. The lowest BCUT2D eigenvalue weighted by Gasteiger charge is -2.34. The summed E-state index contributed by atoms with van der Waals surface area (Å²) in [5.41, 5.74) is 2.68. The van der Waals surface area contributed by atoms with Gasteiger partial charge < -0.3 is 10.2 Å². The van der Waals surface area contributed by atoms with E-state index in [1.54, 1.807) is 42.5 Å². The highest BCUT2D eigenvalue weighted by molar-refractivity contribution is 7.92. The monoisotopic (exact) mass is 699 g/mol. The minimum atomic E-state index is -4.24. The van der Waals surface area contributed by atoms with Crippen molar-refractivity contribution in [2.45, 2.75) is 44.7 Å². The van der Waals surface area contributed by atoms with E-state index in [1.165, 1.54) is 29.2 Å². The molecule has 0 fully saturated rings. The van der Waals surface area contributed by atoms with Crippen LogP contribution in [0.5, 0.6) is 0 Å². The van der Waals surface area contributed by atoms with Gasteiger partial charge >= 0.3 is 0 Å². The van der Waals surface area contributed by atoms with Crippen LogP contribution in [0.1, 0.15) is 30.5 Å². The molecule has 0 unspecified atom stereocenters. The fraction of sp³-hybridized carbons (Fsp3) is 0.257. The van der Waals surface area contributed by atoms with Gasteiger partial charge in [0.25, 0.3) is 10.0 Å². The fourth-order valence-electron chi connectivity index (χ4n) is 4.78. The molecule has 0 aromatic heterocycles. The predicted molar refractivity (Wildman–Crippen MR) is 186 cm³/mol. The van der Waals surface area contributed by atoms with Crippen LogP contribution < -0.4 is 9.62 Å². The van der Waals surface area contributed by atoms with E-state index in [0.717, 1.165) is 15.4 Å². The molecule has 4 aromatic carbocycles. The number of carbonyl (C=O) groups is 2. The van der Waals surface area contributed by atoms with Gasteiger partial charge in [-0.15, -0.1) is 0 Å². The first kappa shape index (κ1) is 35.3. The number of sulfonamides is 1. The molecule has 1 N–H and O–H groups in total. The van der Waals surface area contributed by atoms with Crippen molar-refractivity contribution >= 4 is 62.3 Å². The maximum atomic E-state index is 14.5. The number of nitrogens with one attached hydrogen (secondary N) is 1. The molecule has 0 aliphatic rings. The molecule has 0 saturated carbocycles. The van der Waals surface area contributed by atoms with Gasteiger partial charge in [-0.3, -0.25) is 13.9 Å². The molecule has 0 bridgehead atoms. The zero-order valence-electron chi connectivity index (χ0n) is 25.8. The largest absolute Gasteiger partial charge is 0.354 e. The van der Waals surface area contributed by atoms with Crippen molar-refractivity contribution in [2.24, 2.45) is 5.92 Å². The van der Waals surface area contributed by atoms with Crippen molar-refractivity contribution < 1.29 is 18.0 Å². The minimum absolute atomic E-state index is 0.0228. The van der Waals surface area contributed by atoms with Crippen molar-refractivity contribution in [3.8, 4) is 0 Å². The van der Waals surface area contributed by atoms with Crippen molar-refractivity contribution in [1.29, 1.82) is 0 Å². The summed E-state index contributed by atoms with van der Waals surface area (Å²) in [5.74, 6) is -0.764. The Kier molecular flexibility index (Phi) is 12.1. The van der Waals surface area contributed by atoms with Crippen LogP contribution in [-0.2, 0) is 32.6 Å². The van der Waals surface area contributed by atoms with Crippen LogP contribution in [0.2, 0.25) is 15.1 Å². The van der Waals surface area contributed by atoms with E-state index in [9.17, 15) is 18.0 Å². The van der Waals surface area contributed by atoms with Gasteiger partial charge in [0.15, 0.2) is 0 Å². The second-order valence-corrected chi connectivity index (χ2v) is 14.5. The number of nitrogens with zero attached hydrogens (tertiary/aromatic N) is 2. The topological polar surface area (TPSA) is 86.8 Å². The Hall–Kier alpha value is -3.56. The molecule has 0 aliphatic heterocycles. The van der Waals surface area contributed by atoms with Crippen LogP contribution in [0.3, 0.4) is 0 Å². The summed E-state index contributed by atoms with van der Waals surface area (Å²) in [6, 6.07) is 26.0. The summed E-state index contributed by atoms with van der Waals surface area (Å²) < 4.78 is 29.3. The molecule has 11 heteroatoms. The summed E-state index contributed by atoms with van der Waals surface area (Å²) in [7, 11) is -4.24. The normalized spacial score (nSPS) is 12.1. The highest BCUT2D eigenvalue weighted by atomic mass is 35.5. The Morgan fingerprint density at radius 3 is 2.07 bits per heavy atom. The molecule has 4 rings (SSSR count). The van der Waals surface area contributed by atoms with Crippen molar-refractivity contribution in [1.82, 2.24) is 10.2 Å². The zero-order valence-corrected chi connectivity index (χ0v) is 28.9. The summed E-state index contributed by atoms with van der Waals surface area (Å²) in [5, 5.41) is 3.99. The standard InChI is InChI=1S/C35H36Cl3N3O4S/c1-24(2)21-39-35(43)33(20-26-7-5-4-6-8-26)40(22-27-11-18-31(37)32(38)19-27)34(42)23-41(29-14-9-25(3)10-15-29)46(44,45)30-16-12-28(36)13-17-30/h4-19,24,33H,20-23H2,1-3H3,(H,39,43)/t33-/m0/s1. The highest BCUT2D eigenvalue weighted by Crippen LogP contribution is 2.28. The van der Waals surface area contributed by atoms with Gasteiger partial charge in [0.1, 0.15) is 12.6 Å². The van der Waals surface area contributed by atoms with Crippen LogP contribution in [0.4, 0.5) is 5.69 Å². The van der Waals surface area contributed by atoms with Gasteiger partial charge in [-0.1, -0.05) is 103 Å². The lowest BCUT2D eigenvalue weighted by atomic mass is 10.0. The minimum Gasteiger partial charge on any atom is -0.354 e. The molecule has 7 nitrogen and oxygen atoms in total. The number of rotatable bonds is 13. The van der Waals surface area contributed by atoms with Gasteiger partial charge in [0.05, 0.1) is 20.6 Å². The molecule has 0 radical (unpaired) electrons. The number of hydrogen-bond donors (Lipinski definition) is 1. The van der Waals surface area contributed by atoms with Crippen LogP contribution in [0, 0.1) is 12.8 Å². The summed E-state index contributed by atoms with van der Waals surface area (Å²) in [6.45, 7) is 5.65. The maximum Gasteiger partial charge on any atom is 0.264 e. The third-order valence-corrected chi connectivity index (χ3v) is 10.1. The van der Waals surface area contributed by atoms with Gasteiger partial charge in [0, 0.05) is 24.5 Å². The van der Waals surface area contributed by atoms with Crippen molar-refractivity contribution in [2.75, 3.05) is 17.4 Å². The van der Waals surface area contributed by atoms with Crippen LogP contribution in [-0.4, -0.2) is 44.3 Å². The quantitative estimate of drug-likeness (QED) is 0.156. The summed E-state index contributed by atoms with van der Waals surface area (Å²) in [4.78, 5) is 29.8. The van der Waals surface area contributed by atoms with Crippen LogP contribution in [0.15, 0.2) is 102 Å². The first-order valence-corrected chi connectivity index (χ1v) is 17.3. The number of carbonyl (C=O) groups excluding carboxylic acids is 2. The van der Waals surface area contributed by atoms with Crippen molar-refractivity contribution in [3.63, 3.8) is 0 Å². The molecular weight excluding hydrogens is 665 g/mol. The molecule has 2 amide bonds. The van der Waals surface area contributed by atoms with Gasteiger partial charge in [-0.05, 0) is 72.5 Å². The van der Waals surface area contributed by atoms with E-state index in [0.29, 0.717) is 32.9 Å². The highest BCUT2D eigenvalue weighted by Gasteiger charge is 2.34. The Labute approximate surface area is 286 Å². The molecule has 0 aliphatic carbocycles. The second kappa shape index (κ2) is 15.8. The molecule has 0 spiro atoms. The van der Waals surface area contributed by atoms with Crippen molar-refractivity contribution in [3.05, 3.63) is 129 Å². The lowest BCUT2D eigenvalue weighted by molar-refractivity contribution is -0.140. The number of anilines is 1.